The molecule has 0 aliphatic heterocycles. The predicted molar refractivity (Wildman–Crippen MR) is 49.1 cm³/mol. The van der Waals surface area contributed by atoms with E-state index in [9.17, 15) is 0 Å². The van der Waals surface area contributed by atoms with Crippen LogP contribution >= 0.6 is 0 Å². The van der Waals surface area contributed by atoms with Crippen LogP contribution in [0.5, 0.6) is 0 Å². The maximum Gasteiger partial charge on any atom is 0.0712 e. The lowest BCUT2D eigenvalue weighted by Crippen LogP contribution is -2.78. The number of hydrogen-bond acceptors (Lipinski definition) is 3. The third kappa shape index (κ3) is 0.679. The van der Waals surface area contributed by atoms with E-state index in [1.807, 2.05) is 0 Å². The van der Waals surface area contributed by atoms with Crippen molar-refractivity contribution in [1.29, 1.82) is 0 Å². The molecule has 2 aliphatic carbocycles. The highest BCUT2D eigenvalue weighted by atomic mass is 15.0. The van der Waals surface area contributed by atoms with Gasteiger partial charge in [0, 0.05) is 5.54 Å². The van der Waals surface area contributed by atoms with Crippen molar-refractivity contribution in [2.75, 3.05) is 0 Å². The van der Waals surface area contributed by atoms with Gasteiger partial charge in [-0.1, -0.05) is 6.92 Å². The average Bonchev–Trinajstić information content (AvgIpc) is 1.98. The highest BCUT2D eigenvalue weighted by molar-refractivity contribution is 5.20. The predicted octanol–water partition coefficient (Wildman–Crippen LogP) is 0.138. The van der Waals surface area contributed by atoms with Gasteiger partial charge in [-0.3, -0.25) is 0 Å². The summed E-state index contributed by atoms with van der Waals surface area (Å²) in [6, 6.07) is 0. The van der Waals surface area contributed by atoms with Crippen LogP contribution in [-0.2, 0) is 0 Å². The van der Waals surface area contributed by atoms with Gasteiger partial charge in [-0.25, -0.2) is 0 Å². The van der Waals surface area contributed by atoms with Crippen molar-refractivity contribution in [3.63, 3.8) is 0 Å². The normalized spacial score (nSPS) is 52.2. The molecule has 1 spiro atoms. The smallest absolute Gasteiger partial charge is 0.0712 e. The summed E-state index contributed by atoms with van der Waals surface area (Å²) in [5.74, 6) is 0.728. The van der Waals surface area contributed by atoms with Crippen molar-refractivity contribution in [3.05, 3.63) is 0 Å². The fraction of sp³-hybridized carbons (Fsp3) is 1.00. The van der Waals surface area contributed by atoms with E-state index in [1.165, 1.54) is 19.3 Å². The largest absolute Gasteiger partial charge is 0.322 e. The summed E-state index contributed by atoms with van der Waals surface area (Å²) in [5, 5.41) is 0. The molecule has 2 saturated carbocycles. The van der Waals surface area contributed by atoms with Crippen LogP contribution in [-0.4, -0.2) is 11.7 Å². The topological polar surface area (TPSA) is 78.1 Å². The quantitative estimate of drug-likeness (QED) is 0.488. The molecule has 0 saturated heterocycles. The third-order valence-corrected chi connectivity index (χ3v) is 4.47. The van der Waals surface area contributed by atoms with Gasteiger partial charge < -0.3 is 17.2 Å². The van der Waals surface area contributed by atoms with E-state index in [0.29, 0.717) is 5.41 Å². The first-order chi connectivity index (χ1) is 5.53. The lowest BCUT2D eigenvalue weighted by molar-refractivity contribution is -0.133. The van der Waals surface area contributed by atoms with Crippen molar-refractivity contribution in [2.24, 2.45) is 28.5 Å². The summed E-state index contributed by atoms with van der Waals surface area (Å²) >= 11 is 0. The molecule has 0 aromatic heterocycles. The Kier molecular flexibility index (Phi) is 1.57. The van der Waals surface area contributed by atoms with E-state index in [1.54, 1.807) is 0 Å². The van der Waals surface area contributed by atoms with Gasteiger partial charge in [-0.15, -0.1) is 0 Å². The van der Waals surface area contributed by atoms with E-state index in [2.05, 4.69) is 6.92 Å². The fourth-order valence-electron chi connectivity index (χ4n) is 3.08. The molecule has 3 atom stereocenters. The molecule has 2 aliphatic rings. The van der Waals surface area contributed by atoms with Crippen LogP contribution in [0.2, 0.25) is 0 Å². The van der Waals surface area contributed by atoms with Crippen molar-refractivity contribution in [2.45, 2.75) is 44.3 Å². The maximum atomic E-state index is 6.23. The van der Waals surface area contributed by atoms with E-state index in [-0.39, 0.29) is 11.7 Å². The zero-order valence-electron chi connectivity index (χ0n) is 7.72. The summed E-state index contributed by atoms with van der Waals surface area (Å²) in [5.41, 5.74) is 17.7. The van der Waals surface area contributed by atoms with E-state index >= 15 is 0 Å². The summed E-state index contributed by atoms with van der Waals surface area (Å²) in [4.78, 5) is 0. The zero-order chi connectivity index (χ0) is 8.98. The standard InChI is InChI=1S/C9H19N3/c1-6-2-3-8(6)4-5-9(8,12)7(10)11/h6-7H,2-5,10-12H2,1H3. The minimum absolute atomic E-state index is 0.259. The van der Waals surface area contributed by atoms with Crippen LogP contribution in [0.3, 0.4) is 0 Å². The van der Waals surface area contributed by atoms with Gasteiger partial charge in [-0.2, -0.15) is 0 Å². The van der Waals surface area contributed by atoms with Crippen molar-refractivity contribution < 1.29 is 0 Å². The molecule has 0 bridgehead atoms. The number of nitrogens with two attached hydrogens (primary N) is 3. The second-order valence-electron chi connectivity index (χ2n) is 4.66. The molecule has 12 heavy (non-hydrogen) atoms. The molecule has 0 aromatic carbocycles. The lowest BCUT2D eigenvalue weighted by Gasteiger charge is -2.67. The van der Waals surface area contributed by atoms with E-state index < -0.39 is 0 Å². The minimum Gasteiger partial charge on any atom is -0.322 e. The average molecular weight is 169 g/mol. The van der Waals surface area contributed by atoms with Crippen LogP contribution in [0.1, 0.15) is 32.6 Å². The van der Waals surface area contributed by atoms with Crippen molar-refractivity contribution in [3.8, 4) is 0 Å². The first-order valence-electron chi connectivity index (χ1n) is 4.83. The molecule has 3 heteroatoms. The lowest BCUT2D eigenvalue weighted by atomic mass is 9.41. The Morgan fingerprint density at radius 1 is 1.25 bits per heavy atom. The molecule has 0 aromatic rings. The van der Waals surface area contributed by atoms with Gasteiger partial charge >= 0.3 is 0 Å². The first-order valence-corrected chi connectivity index (χ1v) is 4.83. The summed E-state index contributed by atoms with van der Waals surface area (Å²) in [6.07, 6.45) is 4.43. The van der Waals surface area contributed by atoms with Crippen molar-refractivity contribution >= 4 is 0 Å². The van der Waals surface area contributed by atoms with E-state index in [4.69, 9.17) is 17.2 Å². The van der Waals surface area contributed by atoms with Crippen LogP contribution in [0.4, 0.5) is 0 Å². The molecule has 70 valence electrons. The molecule has 2 rings (SSSR count). The molecule has 3 nitrogen and oxygen atoms in total. The molecule has 0 heterocycles. The summed E-state index contributed by atoms with van der Waals surface area (Å²) < 4.78 is 0. The Morgan fingerprint density at radius 3 is 2.00 bits per heavy atom. The van der Waals surface area contributed by atoms with Gasteiger partial charge in [-0.05, 0) is 37.0 Å². The molecule has 6 N–H and O–H groups in total. The van der Waals surface area contributed by atoms with Crippen LogP contribution < -0.4 is 17.2 Å². The highest BCUT2D eigenvalue weighted by Crippen LogP contribution is 2.64. The zero-order valence-corrected chi connectivity index (χ0v) is 7.72. The first kappa shape index (κ1) is 8.48. The summed E-state index contributed by atoms with van der Waals surface area (Å²) in [7, 11) is 0. The van der Waals surface area contributed by atoms with Gasteiger partial charge in [0.15, 0.2) is 0 Å². The van der Waals surface area contributed by atoms with Gasteiger partial charge in [0.1, 0.15) is 0 Å². The Balaban J connectivity index is 2.19. The van der Waals surface area contributed by atoms with Gasteiger partial charge in [0.25, 0.3) is 0 Å². The second kappa shape index (κ2) is 2.22. The monoisotopic (exact) mass is 169 g/mol. The molecular formula is C9H19N3. The number of rotatable bonds is 1. The molecule has 0 radical (unpaired) electrons. The fourth-order valence-corrected chi connectivity index (χ4v) is 3.08. The van der Waals surface area contributed by atoms with Crippen molar-refractivity contribution in [1.82, 2.24) is 0 Å². The molecule has 2 fully saturated rings. The summed E-state index contributed by atoms with van der Waals surface area (Å²) in [6.45, 7) is 2.27. The minimum atomic E-state index is -0.339. The molecule has 0 amide bonds. The SMILES string of the molecule is CC1CCC12CCC2(N)C(N)N. The molecular weight excluding hydrogens is 150 g/mol. The van der Waals surface area contributed by atoms with Crippen LogP contribution in [0, 0.1) is 11.3 Å². The molecule has 3 unspecified atom stereocenters. The van der Waals surface area contributed by atoms with Crippen LogP contribution in [0.15, 0.2) is 0 Å². The number of hydrogen-bond donors (Lipinski definition) is 3. The Morgan fingerprint density at radius 2 is 1.92 bits per heavy atom. The van der Waals surface area contributed by atoms with Crippen LogP contribution in [0.25, 0.3) is 0 Å². The van der Waals surface area contributed by atoms with Gasteiger partial charge in [0.2, 0.25) is 0 Å². The van der Waals surface area contributed by atoms with Gasteiger partial charge in [0.05, 0.1) is 6.17 Å². The third-order valence-electron chi connectivity index (χ3n) is 4.47. The second-order valence-corrected chi connectivity index (χ2v) is 4.66. The maximum absolute atomic E-state index is 6.23. The Labute approximate surface area is 73.7 Å². The Bertz CT molecular complexity index is 188. The highest BCUT2D eigenvalue weighted by Gasteiger charge is 2.64. The Hall–Kier alpha value is -0.120. The van der Waals surface area contributed by atoms with E-state index in [0.717, 1.165) is 12.3 Å².